The summed E-state index contributed by atoms with van der Waals surface area (Å²) in [5.74, 6) is 0. The van der Waals surface area contributed by atoms with E-state index in [-0.39, 0.29) is 0 Å². The fraction of sp³-hybridized carbons (Fsp3) is 1.00. The standard InChI is InChI=1S/C23H47N/c1-3-5-6-7-8-9-10-11-12-13-14-18-22-24(21-4-2)23-19-16-15-17-20-23/h23H,3-22H2,1-2H3. The van der Waals surface area contributed by atoms with Crippen LogP contribution in [-0.2, 0) is 0 Å². The summed E-state index contributed by atoms with van der Waals surface area (Å²) in [4.78, 5) is 2.83. The molecule has 0 unspecified atom stereocenters. The minimum absolute atomic E-state index is 0.923. The second kappa shape index (κ2) is 16.4. The number of unbranched alkanes of at least 4 members (excludes halogenated alkanes) is 11. The van der Waals surface area contributed by atoms with Crippen LogP contribution < -0.4 is 0 Å². The molecule has 0 N–H and O–H groups in total. The molecule has 0 atom stereocenters. The molecule has 1 nitrogen and oxygen atoms in total. The van der Waals surface area contributed by atoms with E-state index in [2.05, 4.69) is 18.7 Å². The molecule has 0 bridgehead atoms. The van der Waals surface area contributed by atoms with Gasteiger partial charge in [0.15, 0.2) is 0 Å². The Morgan fingerprint density at radius 1 is 0.542 bits per heavy atom. The Kier molecular flexibility index (Phi) is 15.1. The summed E-state index contributed by atoms with van der Waals surface area (Å²) in [6.45, 7) is 7.35. The van der Waals surface area contributed by atoms with Gasteiger partial charge < -0.3 is 4.90 Å². The first kappa shape index (κ1) is 22.0. The predicted molar refractivity (Wildman–Crippen MR) is 110 cm³/mol. The van der Waals surface area contributed by atoms with Gasteiger partial charge in [-0.25, -0.2) is 0 Å². The molecule has 1 fully saturated rings. The lowest BCUT2D eigenvalue weighted by molar-refractivity contribution is 0.153. The molecule has 0 radical (unpaired) electrons. The number of nitrogens with zero attached hydrogens (tertiary/aromatic N) is 1. The molecule has 1 aliphatic rings. The molecule has 0 spiro atoms. The van der Waals surface area contributed by atoms with Gasteiger partial charge in [0, 0.05) is 6.04 Å². The molecule has 144 valence electrons. The zero-order valence-corrected chi connectivity index (χ0v) is 17.2. The van der Waals surface area contributed by atoms with Crippen molar-refractivity contribution in [3.8, 4) is 0 Å². The highest BCUT2D eigenvalue weighted by Crippen LogP contribution is 2.23. The van der Waals surface area contributed by atoms with Crippen molar-refractivity contribution < 1.29 is 0 Å². The Balaban J connectivity index is 1.90. The molecular weight excluding hydrogens is 290 g/mol. The van der Waals surface area contributed by atoms with E-state index in [4.69, 9.17) is 0 Å². The zero-order valence-electron chi connectivity index (χ0n) is 17.2. The van der Waals surface area contributed by atoms with E-state index in [0.717, 1.165) is 6.04 Å². The van der Waals surface area contributed by atoms with E-state index in [1.165, 1.54) is 129 Å². The first-order chi connectivity index (χ1) is 11.9. The minimum atomic E-state index is 0.923. The molecule has 1 aliphatic carbocycles. The summed E-state index contributed by atoms with van der Waals surface area (Å²) < 4.78 is 0. The fourth-order valence-corrected chi connectivity index (χ4v) is 4.37. The summed E-state index contributed by atoms with van der Waals surface area (Å²) in [5, 5.41) is 0. The number of hydrogen-bond donors (Lipinski definition) is 0. The summed E-state index contributed by atoms with van der Waals surface area (Å²) in [6, 6.07) is 0.923. The number of hydrogen-bond acceptors (Lipinski definition) is 1. The van der Waals surface area contributed by atoms with Crippen LogP contribution in [-0.4, -0.2) is 24.0 Å². The SMILES string of the molecule is CCCCCCCCCCCCCCN(CCC)C1CCCCC1. The van der Waals surface area contributed by atoms with Crippen molar-refractivity contribution in [2.24, 2.45) is 0 Å². The van der Waals surface area contributed by atoms with Gasteiger partial charge in [-0.2, -0.15) is 0 Å². The van der Waals surface area contributed by atoms with Crippen LogP contribution in [0.4, 0.5) is 0 Å². The van der Waals surface area contributed by atoms with Crippen LogP contribution in [0, 0.1) is 0 Å². The molecule has 0 aromatic rings. The maximum absolute atomic E-state index is 2.83. The average molecular weight is 338 g/mol. The Labute approximate surface area is 154 Å². The summed E-state index contributed by atoms with van der Waals surface area (Å²) >= 11 is 0. The van der Waals surface area contributed by atoms with Gasteiger partial charge in [-0.05, 0) is 38.8 Å². The van der Waals surface area contributed by atoms with E-state index < -0.39 is 0 Å². The van der Waals surface area contributed by atoms with Crippen molar-refractivity contribution in [3.05, 3.63) is 0 Å². The second-order valence-corrected chi connectivity index (χ2v) is 8.22. The lowest BCUT2D eigenvalue weighted by Gasteiger charge is -2.34. The molecule has 0 heterocycles. The molecular formula is C23H47N. The first-order valence-electron chi connectivity index (χ1n) is 11.6. The second-order valence-electron chi connectivity index (χ2n) is 8.22. The third kappa shape index (κ3) is 11.5. The van der Waals surface area contributed by atoms with Crippen molar-refractivity contribution in [1.29, 1.82) is 0 Å². The molecule has 1 saturated carbocycles. The Morgan fingerprint density at radius 3 is 1.54 bits per heavy atom. The maximum Gasteiger partial charge on any atom is 0.00952 e. The quantitative estimate of drug-likeness (QED) is 0.260. The molecule has 0 aliphatic heterocycles. The largest absolute Gasteiger partial charge is 0.300 e. The third-order valence-electron chi connectivity index (χ3n) is 5.90. The van der Waals surface area contributed by atoms with Gasteiger partial charge >= 0.3 is 0 Å². The van der Waals surface area contributed by atoms with Gasteiger partial charge in [-0.15, -0.1) is 0 Å². The van der Waals surface area contributed by atoms with Crippen molar-refractivity contribution >= 4 is 0 Å². The van der Waals surface area contributed by atoms with Gasteiger partial charge in [0.1, 0.15) is 0 Å². The van der Waals surface area contributed by atoms with Crippen molar-refractivity contribution in [3.63, 3.8) is 0 Å². The molecule has 0 amide bonds. The zero-order chi connectivity index (χ0) is 17.3. The predicted octanol–water partition coefficient (Wildman–Crippen LogP) is 7.73. The van der Waals surface area contributed by atoms with Crippen LogP contribution in [0.5, 0.6) is 0 Å². The van der Waals surface area contributed by atoms with Crippen molar-refractivity contribution in [1.82, 2.24) is 4.90 Å². The van der Waals surface area contributed by atoms with E-state index >= 15 is 0 Å². The van der Waals surface area contributed by atoms with E-state index in [1.807, 2.05) is 0 Å². The highest BCUT2D eigenvalue weighted by Gasteiger charge is 2.19. The van der Waals surface area contributed by atoms with Gasteiger partial charge in [0.05, 0.1) is 0 Å². The van der Waals surface area contributed by atoms with E-state index in [0.29, 0.717) is 0 Å². The van der Waals surface area contributed by atoms with Crippen LogP contribution in [0.1, 0.15) is 129 Å². The third-order valence-corrected chi connectivity index (χ3v) is 5.90. The van der Waals surface area contributed by atoms with Crippen LogP contribution in [0.25, 0.3) is 0 Å². The summed E-state index contributed by atoms with van der Waals surface area (Å²) in [5.41, 5.74) is 0. The monoisotopic (exact) mass is 337 g/mol. The lowest BCUT2D eigenvalue weighted by atomic mass is 9.94. The minimum Gasteiger partial charge on any atom is -0.300 e. The van der Waals surface area contributed by atoms with Gasteiger partial charge in [-0.3, -0.25) is 0 Å². The maximum atomic E-state index is 2.83. The van der Waals surface area contributed by atoms with Crippen LogP contribution in [0.3, 0.4) is 0 Å². The molecule has 0 saturated heterocycles. The molecule has 24 heavy (non-hydrogen) atoms. The Hall–Kier alpha value is -0.0400. The highest BCUT2D eigenvalue weighted by atomic mass is 15.1. The van der Waals surface area contributed by atoms with Crippen LogP contribution >= 0.6 is 0 Å². The van der Waals surface area contributed by atoms with Crippen molar-refractivity contribution in [2.75, 3.05) is 13.1 Å². The van der Waals surface area contributed by atoms with E-state index in [1.54, 1.807) is 0 Å². The fourth-order valence-electron chi connectivity index (χ4n) is 4.37. The average Bonchev–Trinajstić information content (AvgIpc) is 2.62. The topological polar surface area (TPSA) is 3.24 Å². The van der Waals surface area contributed by atoms with Gasteiger partial charge in [0.25, 0.3) is 0 Å². The Bertz CT molecular complexity index is 244. The summed E-state index contributed by atoms with van der Waals surface area (Å²) in [7, 11) is 0. The smallest absolute Gasteiger partial charge is 0.00952 e. The van der Waals surface area contributed by atoms with Crippen LogP contribution in [0.15, 0.2) is 0 Å². The lowest BCUT2D eigenvalue weighted by Crippen LogP contribution is -2.38. The Morgan fingerprint density at radius 2 is 1.04 bits per heavy atom. The van der Waals surface area contributed by atoms with E-state index in [9.17, 15) is 0 Å². The van der Waals surface area contributed by atoms with Gasteiger partial charge in [0.2, 0.25) is 0 Å². The first-order valence-corrected chi connectivity index (χ1v) is 11.6. The molecule has 0 aromatic heterocycles. The summed E-state index contributed by atoms with van der Waals surface area (Å²) in [6.07, 6.45) is 26.2. The number of rotatable bonds is 16. The molecule has 1 rings (SSSR count). The molecule has 1 heteroatoms. The van der Waals surface area contributed by atoms with Crippen LogP contribution in [0.2, 0.25) is 0 Å². The van der Waals surface area contributed by atoms with Crippen molar-refractivity contribution in [2.45, 2.75) is 135 Å². The highest BCUT2D eigenvalue weighted by molar-refractivity contribution is 4.75. The van der Waals surface area contributed by atoms with Gasteiger partial charge in [-0.1, -0.05) is 104 Å². The normalized spacial score (nSPS) is 16.1. The molecule has 0 aromatic carbocycles.